The average molecular weight is 199 g/mol. The Morgan fingerprint density at radius 3 is 2.53 bits per heavy atom. The molecular weight excluding hydrogens is 186 g/mol. The third-order valence-corrected chi connectivity index (χ3v) is 2.56. The first-order valence-electron chi connectivity index (χ1n) is 4.95. The summed E-state index contributed by atoms with van der Waals surface area (Å²) in [7, 11) is 0. The number of Topliss-reactive ketones (excluding diaryl/α,β-unsaturated/α-hetero) is 1. The monoisotopic (exact) mass is 199 g/mol. The van der Waals surface area contributed by atoms with Crippen LogP contribution in [0.25, 0.3) is 0 Å². The first kappa shape index (κ1) is 9.87. The summed E-state index contributed by atoms with van der Waals surface area (Å²) >= 11 is 0. The third kappa shape index (κ3) is 1.90. The normalized spacial score (nSPS) is 24.1. The van der Waals surface area contributed by atoms with E-state index >= 15 is 0 Å². The van der Waals surface area contributed by atoms with Crippen molar-refractivity contribution in [2.24, 2.45) is 5.73 Å². The van der Waals surface area contributed by atoms with Gasteiger partial charge in [0.25, 0.3) is 0 Å². The fourth-order valence-corrected chi connectivity index (χ4v) is 1.66. The molecule has 76 valence electrons. The SMILES string of the molecule is N[C@@]1(C(=O)c2ccccc2)C=CC=CC1. The predicted molar refractivity (Wildman–Crippen MR) is 60.6 cm³/mol. The second-order valence-electron chi connectivity index (χ2n) is 3.73. The van der Waals surface area contributed by atoms with Crippen LogP contribution >= 0.6 is 0 Å². The van der Waals surface area contributed by atoms with E-state index < -0.39 is 5.54 Å². The van der Waals surface area contributed by atoms with Gasteiger partial charge in [-0.2, -0.15) is 0 Å². The van der Waals surface area contributed by atoms with Gasteiger partial charge in [-0.1, -0.05) is 54.6 Å². The van der Waals surface area contributed by atoms with Gasteiger partial charge in [-0.25, -0.2) is 0 Å². The minimum atomic E-state index is -0.865. The number of ketones is 1. The highest BCUT2D eigenvalue weighted by atomic mass is 16.1. The Kier molecular flexibility index (Phi) is 2.52. The second kappa shape index (κ2) is 3.83. The van der Waals surface area contributed by atoms with Crippen LogP contribution in [0.1, 0.15) is 16.8 Å². The van der Waals surface area contributed by atoms with Gasteiger partial charge < -0.3 is 5.73 Å². The summed E-state index contributed by atoms with van der Waals surface area (Å²) < 4.78 is 0. The van der Waals surface area contributed by atoms with Crippen molar-refractivity contribution in [3.05, 3.63) is 60.2 Å². The van der Waals surface area contributed by atoms with Crippen LogP contribution in [-0.2, 0) is 0 Å². The van der Waals surface area contributed by atoms with Gasteiger partial charge in [0.2, 0.25) is 0 Å². The molecule has 0 radical (unpaired) electrons. The molecule has 0 aromatic heterocycles. The number of nitrogens with two attached hydrogens (primary N) is 1. The molecule has 0 spiro atoms. The molecule has 2 nitrogen and oxygen atoms in total. The highest BCUT2D eigenvalue weighted by Crippen LogP contribution is 2.20. The number of benzene rings is 1. The molecule has 0 fully saturated rings. The molecule has 0 unspecified atom stereocenters. The third-order valence-electron chi connectivity index (χ3n) is 2.56. The molecule has 1 aromatic rings. The molecule has 2 heteroatoms. The summed E-state index contributed by atoms with van der Waals surface area (Å²) in [4.78, 5) is 12.1. The number of hydrogen-bond acceptors (Lipinski definition) is 2. The van der Waals surface area contributed by atoms with Gasteiger partial charge in [0.15, 0.2) is 5.78 Å². The van der Waals surface area contributed by atoms with Gasteiger partial charge in [0, 0.05) is 5.56 Å². The molecule has 15 heavy (non-hydrogen) atoms. The molecular formula is C13H13NO. The van der Waals surface area contributed by atoms with E-state index in [1.807, 2.05) is 36.4 Å². The van der Waals surface area contributed by atoms with Gasteiger partial charge in [-0.3, -0.25) is 4.79 Å². The Hall–Kier alpha value is -1.67. The number of allylic oxidation sites excluding steroid dienone is 2. The Balaban J connectivity index is 2.29. The molecule has 1 aliphatic rings. The molecule has 0 saturated carbocycles. The Bertz CT molecular complexity index is 419. The Morgan fingerprint density at radius 2 is 1.93 bits per heavy atom. The number of carbonyl (C=O) groups is 1. The number of hydrogen-bond donors (Lipinski definition) is 1. The van der Waals surface area contributed by atoms with Crippen LogP contribution in [0, 0.1) is 0 Å². The van der Waals surface area contributed by atoms with Crippen molar-refractivity contribution in [1.82, 2.24) is 0 Å². The molecule has 0 bridgehead atoms. The molecule has 1 atom stereocenters. The lowest BCUT2D eigenvalue weighted by Gasteiger charge is -2.24. The van der Waals surface area contributed by atoms with E-state index in [1.165, 1.54) is 0 Å². The van der Waals surface area contributed by atoms with Crippen molar-refractivity contribution < 1.29 is 4.79 Å². The molecule has 2 rings (SSSR count). The minimum absolute atomic E-state index is 0.0244. The maximum absolute atomic E-state index is 12.1. The molecule has 0 heterocycles. The van der Waals surface area contributed by atoms with Crippen LogP contribution < -0.4 is 5.73 Å². The summed E-state index contributed by atoms with van der Waals surface area (Å²) in [6.07, 6.45) is 7.98. The van der Waals surface area contributed by atoms with E-state index in [0.717, 1.165) is 0 Å². The van der Waals surface area contributed by atoms with Gasteiger partial charge in [0.1, 0.15) is 5.54 Å². The first-order valence-corrected chi connectivity index (χ1v) is 4.95. The van der Waals surface area contributed by atoms with Gasteiger partial charge >= 0.3 is 0 Å². The van der Waals surface area contributed by atoms with Gasteiger partial charge in [0.05, 0.1) is 0 Å². The second-order valence-corrected chi connectivity index (χ2v) is 3.73. The lowest BCUT2D eigenvalue weighted by Crippen LogP contribution is -2.46. The number of carbonyl (C=O) groups excluding carboxylic acids is 1. The molecule has 1 aliphatic carbocycles. The minimum Gasteiger partial charge on any atom is -0.315 e. The summed E-state index contributed by atoms with van der Waals surface area (Å²) in [5, 5.41) is 0. The summed E-state index contributed by atoms with van der Waals surface area (Å²) in [6, 6.07) is 9.17. The molecule has 0 amide bonds. The summed E-state index contributed by atoms with van der Waals surface area (Å²) in [5.41, 5.74) is 5.85. The van der Waals surface area contributed by atoms with E-state index in [1.54, 1.807) is 18.2 Å². The van der Waals surface area contributed by atoms with Crippen molar-refractivity contribution in [2.75, 3.05) is 0 Å². The zero-order valence-electron chi connectivity index (χ0n) is 8.39. The van der Waals surface area contributed by atoms with Crippen LogP contribution in [0.2, 0.25) is 0 Å². The van der Waals surface area contributed by atoms with Crippen molar-refractivity contribution in [2.45, 2.75) is 12.0 Å². The maximum atomic E-state index is 12.1. The zero-order chi connectivity index (χ0) is 10.7. The molecule has 1 aromatic carbocycles. The van der Waals surface area contributed by atoms with Crippen molar-refractivity contribution in [3.63, 3.8) is 0 Å². The fourth-order valence-electron chi connectivity index (χ4n) is 1.66. The maximum Gasteiger partial charge on any atom is 0.186 e. The Labute approximate surface area is 89.1 Å². The topological polar surface area (TPSA) is 43.1 Å². The standard InChI is InChI=1S/C13H13NO/c14-13(9-5-2-6-10-13)12(15)11-7-3-1-4-8-11/h1-9H,10,14H2/t13-/m0/s1. The lowest BCUT2D eigenvalue weighted by atomic mass is 9.85. The molecule has 2 N–H and O–H groups in total. The number of rotatable bonds is 2. The average Bonchev–Trinajstić information content (AvgIpc) is 2.30. The van der Waals surface area contributed by atoms with Gasteiger partial charge in [-0.05, 0) is 6.42 Å². The fraction of sp³-hybridized carbons (Fsp3) is 0.154. The van der Waals surface area contributed by atoms with E-state index in [4.69, 9.17) is 5.73 Å². The van der Waals surface area contributed by atoms with Crippen molar-refractivity contribution in [1.29, 1.82) is 0 Å². The van der Waals surface area contributed by atoms with E-state index in [2.05, 4.69) is 0 Å². The van der Waals surface area contributed by atoms with Crippen LogP contribution in [0.4, 0.5) is 0 Å². The summed E-state index contributed by atoms with van der Waals surface area (Å²) in [6.45, 7) is 0. The van der Waals surface area contributed by atoms with Crippen LogP contribution in [0.5, 0.6) is 0 Å². The highest BCUT2D eigenvalue weighted by molar-refractivity contribution is 6.04. The molecule has 0 saturated heterocycles. The largest absolute Gasteiger partial charge is 0.315 e. The zero-order valence-corrected chi connectivity index (χ0v) is 8.39. The van der Waals surface area contributed by atoms with E-state index in [9.17, 15) is 4.79 Å². The van der Waals surface area contributed by atoms with Gasteiger partial charge in [-0.15, -0.1) is 0 Å². The van der Waals surface area contributed by atoms with Crippen LogP contribution in [0.15, 0.2) is 54.6 Å². The van der Waals surface area contributed by atoms with Crippen molar-refractivity contribution in [3.8, 4) is 0 Å². The summed E-state index contributed by atoms with van der Waals surface area (Å²) in [5.74, 6) is -0.0244. The Morgan fingerprint density at radius 1 is 1.20 bits per heavy atom. The van der Waals surface area contributed by atoms with Crippen LogP contribution in [-0.4, -0.2) is 11.3 Å². The van der Waals surface area contributed by atoms with E-state index in [0.29, 0.717) is 12.0 Å². The van der Waals surface area contributed by atoms with Crippen LogP contribution in [0.3, 0.4) is 0 Å². The molecule has 0 aliphatic heterocycles. The predicted octanol–water partition coefficient (Wildman–Crippen LogP) is 2.08. The smallest absolute Gasteiger partial charge is 0.186 e. The van der Waals surface area contributed by atoms with E-state index in [-0.39, 0.29) is 5.78 Å². The van der Waals surface area contributed by atoms with Crippen molar-refractivity contribution >= 4 is 5.78 Å². The first-order chi connectivity index (χ1) is 7.22. The lowest BCUT2D eigenvalue weighted by molar-refractivity contribution is 0.0921. The highest BCUT2D eigenvalue weighted by Gasteiger charge is 2.31. The quantitative estimate of drug-likeness (QED) is 0.741.